The summed E-state index contributed by atoms with van der Waals surface area (Å²) in [7, 11) is 0. The van der Waals surface area contributed by atoms with Gasteiger partial charge in [0.1, 0.15) is 6.23 Å². The molecule has 11 nitrogen and oxygen atoms in total. The van der Waals surface area contributed by atoms with E-state index in [1.54, 1.807) is 0 Å². The number of amides is 3. The maximum Gasteiger partial charge on any atom is 0.329 e. The number of halogens is 1. The SMILES string of the molecule is CC(=O)OC1N(C2CC(N=[N+]=[N-])C(CO)O2)C(=O)NC(=O)C1(C)F. The number of urea groups is 1. The van der Waals surface area contributed by atoms with Crippen LogP contribution in [0.2, 0.25) is 0 Å². The minimum Gasteiger partial charge on any atom is -0.437 e. The van der Waals surface area contributed by atoms with Gasteiger partial charge < -0.3 is 14.6 Å². The molecule has 132 valence electrons. The third-order valence-corrected chi connectivity index (χ3v) is 3.79. The van der Waals surface area contributed by atoms with E-state index in [0.717, 1.165) is 18.7 Å². The molecule has 5 atom stereocenters. The highest BCUT2D eigenvalue weighted by atomic mass is 19.1. The average molecular weight is 345 g/mol. The number of aliphatic hydroxyl groups excluding tert-OH is 1. The van der Waals surface area contributed by atoms with Crippen LogP contribution in [0.25, 0.3) is 10.4 Å². The number of nitrogens with one attached hydrogen (secondary N) is 1. The monoisotopic (exact) mass is 345 g/mol. The van der Waals surface area contributed by atoms with E-state index >= 15 is 0 Å². The van der Waals surface area contributed by atoms with Crippen molar-refractivity contribution in [3.05, 3.63) is 10.4 Å². The number of carbonyl (C=O) groups excluding carboxylic acids is 3. The number of esters is 1. The van der Waals surface area contributed by atoms with Crippen molar-refractivity contribution in [1.82, 2.24) is 10.2 Å². The van der Waals surface area contributed by atoms with Gasteiger partial charge in [-0.05, 0) is 12.5 Å². The Kier molecular flexibility index (Phi) is 4.92. The maximum atomic E-state index is 14.7. The zero-order valence-electron chi connectivity index (χ0n) is 12.9. The van der Waals surface area contributed by atoms with Gasteiger partial charge in [-0.3, -0.25) is 19.8 Å². The lowest BCUT2D eigenvalue weighted by Crippen LogP contribution is -2.70. The number of ether oxygens (including phenoxy) is 2. The molecule has 24 heavy (non-hydrogen) atoms. The summed E-state index contributed by atoms with van der Waals surface area (Å²) in [6.45, 7) is 1.36. The van der Waals surface area contributed by atoms with Gasteiger partial charge in [0.05, 0.1) is 18.8 Å². The van der Waals surface area contributed by atoms with Crippen molar-refractivity contribution in [2.45, 2.75) is 50.5 Å². The summed E-state index contributed by atoms with van der Waals surface area (Å²) in [5, 5.41) is 14.5. The molecule has 0 spiro atoms. The van der Waals surface area contributed by atoms with E-state index in [1.165, 1.54) is 0 Å². The number of hydrogen-bond donors (Lipinski definition) is 2. The lowest BCUT2D eigenvalue weighted by Gasteiger charge is -2.43. The largest absolute Gasteiger partial charge is 0.437 e. The zero-order valence-corrected chi connectivity index (χ0v) is 12.9. The topological polar surface area (TPSA) is 154 Å². The number of rotatable bonds is 4. The van der Waals surface area contributed by atoms with Gasteiger partial charge >= 0.3 is 12.0 Å². The van der Waals surface area contributed by atoms with E-state index in [4.69, 9.17) is 15.0 Å². The van der Waals surface area contributed by atoms with Crippen LogP contribution in [0.3, 0.4) is 0 Å². The van der Waals surface area contributed by atoms with Gasteiger partial charge in [-0.25, -0.2) is 9.18 Å². The highest BCUT2D eigenvalue weighted by Gasteiger charge is 2.57. The Balaban J connectivity index is 2.34. The summed E-state index contributed by atoms with van der Waals surface area (Å²) < 4.78 is 24.9. The maximum absolute atomic E-state index is 14.7. The second kappa shape index (κ2) is 6.59. The van der Waals surface area contributed by atoms with Crippen LogP contribution >= 0.6 is 0 Å². The molecule has 5 unspecified atom stereocenters. The summed E-state index contributed by atoms with van der Waals surface area (Å²) >= 11 is 0. The quantitative estimate of drug-likeness (QED) is 0.315. The van der Waals surface area contributed by atoms with Crippen molar-refractivity contribution in [3.8, 4) is 0 Å². The molecule has 2 saturated heterocycles. The Morgan fingerprint density at radius 3 is 2.88 bits per heavy atom. The average Bonchev–Trinajstić information content (AvgIpc) is 2.88. The molecule has 3 amide bonds. The number of aliphatic hydroxyl groups is 1. The van der Waals surface area contributed by atoms with Gasteiger partial charge in [-0.1, -0.05) is 5.11 Å². The van der Waals surface area contributed by atoms with Crippen molar-refractivity contribution in [2.75, 3.05) is 6.61 Å². The minimum absolute atomic E-state index is 0.0647. The standard InChI is InChI=1S/C12H16FN5O6/c1-5(20)23-10-12(2,13)9(21)15-11(22)18(10)8-3-6(16-17-14)7(4-19)24-8/h6-8,10,19H,3-4H2,1-2H3,(H,15,21,22). The Labute approximate surface area is 135 Å². The summed E-state index contributed by atoms with van der Waals surface area (Å²) in [6.07, 6.45) is -4.00. The van der Waals surface area contributed by atoms with Crippen LogP contribution < -0.4 is 5.32 Å². The zero-order chi connectivity index (χ0) is 18.1. The number of alkyl halides is 1. The molecular formula is C12H16FN5O6. The van der Waals surface area contributed by atoms with Gasteiger partial charge in [0.15, 0.2) is 0 Å². The second-order valence-corrected chi connectivity index (χ2v) is 5.52. The van der Waals surface area contributed by atoms with Crippen LogP contribution in [0.5, 0.6) is 0 Å². The predicted molar refractivity (Wildman–Crippen MR) is 73.7 cm³/mol. The predicted octanol–water partition coefficient (Wildman–Crippen LogP) is -0.0582. The van der Waals surface area contributed by atoms with Crippen LogP contribution in [0.4, 0.5) is 9.18 Å². The molecule has 12 heteroatoms. The molecular weight excluding hydrogens is 329 g/mol. The Morgan fingerprint density at radius 2 is 2.33 bits per heavy atom. The lowest BCUT2D eigenvalue weighted by atomic mass is 10.0. The third kappa shape index (κ3) is 3.11. The highest BCUT2D eigenvalue weighted by molar-refractivity contribution is 6.02. The smallest absolute Gasteiger partial charge is 0.329 e. The molecule has 2 fully saturated rings. The van der Waals surface area contributed by atoms with E-state index in [2.05, 4.69) is 10.0 Å². The number of hydrogen-bond acceptors (Lipinski definition) is 7. The van der Waals surface area contributed by atoms with Crippen molar-refractivity contribution in [2.24, 2.45) is 5.11 Å². The molecule has 0 aromatic rings. The van der Waals surface area contributed by atoms with Crippen molar-refractivity contribution < 1.29 is 33.4 Å². The molecule has 2 aliphatic heterocycles. The van der Waals surface area contributed by atoms with Crippen molar-refractivity contribution in [3.63, 3.8) is 0 Å². The fourth-order valence-electron chi connectivity index (χ4n) is 2.61. The molecule has 0 bridgehead atoms. The molecule has 0 aromatic heterocycles. The Hall–Kier alpha value is -2.43. The summed E-state index contributed by atoms with van der Waals surface area (Å²) in [6, 6.07) is -1.83. The molecule has 0 aromatic carbocycles. The van der Waals surface area contributed by atoms with E-state index in [9.17, 15) is 23.9 Å². The first kappa shape index (κ1) is 17.9. The van der Waals surface area contributed by atoms with E-state index in [1.807, 2.05) is 5.32 Å². The third-order valence-electron chi connectivity index (χ3n) is 3.79. The van der Waals surface area contributed by atoms with Gasteiger partial charge in [0, 0.05) is 18.3 Å². The van der Waals surface area contributed by atoms with Gasteiger partial charge in [-0.15, -0.1) is 0 Å². The first-order valence-electron chi connectivity index (χ1n) is 7.02. The van der Waals surface area contributed by atoms with Crippen molar-refractivity contribution >= 4 is 17.9 Å². The Morgan fingerprint density at radius 1 is 1.67 bits per heavy atom. The molecule has 2 heterocycles. The summed E-state index contributed by atoms with van der Waals surface area (Å²) in [5.41, 5.74) is 5.82. The second-order valence-electron chi connectivity index (χ2n) is 5.52. The van der Waals surface area contributed by atoms with Gasteiger partial charge in [0.25, 0.3) is 5.91 Å². The minimum atomic E-state index is -2.71. The van der Waals surface area contributed by atoms with E-state index < -0.39 is 54.8 Å². The fourth-order valence-corrected chi connectivity index (χ4v) is 2.61. The fraction of sp³-hybridized carbons (Fsp3) is 0.750. The van der Waals surface area contributed by atoms with Crippen molar-refractivity contribution in [1.29, 1.82) is 0 Å². The van der Waals surface area contributed by atoms with E-state index in [-0.39, 0.29) is 6.42 Å². The summed E-state index contributed by atoms with van der Waals surface area (Å²) in [5.74, 6) is -2.15. The molecule has 2 rings (SSSR count). The summed E-state index contributed by atoms with van der Waals surface area (Å²) in [4.78, 5) is 38.4. The van der Waals surface area contributed by atoms with Gasteiger partial charge in [0.2, 0.25) is 11.9 Å². The van der Waals surface area contributed by atoms with Crippen LogP contribution in [0, 0.1) is 0 Å². The highest BCUT2D eigenvalue weighted by Crippen LogP contribution is 2.34. The number of nitrogens with zero attached hydrogens (tertiary/aromatic N) is 4. The van der Waals surface area contributed by atoms with Crippen LogP contribution in [-0.2, 0) is 19.1 Å². The normalized spacial score (nSPS) is 36.1. The molecule has 2 aliphatic rings. The Bertz CT molecular complexity index is 607. The van der Waals surface area contributed by atoms with Gasteiger partial charge in [-0.2, -0.15) is 0 Å². The first-order valence-corrected chi connectivity index (χ1v) is 7.02. The van der Waals surface area contributed by atoms with Crippen LogP contribution in [0.15, 0.2) is 5.11 Å². The molecule has 0 aliphatic carbocycles. The number of carbonyl (C=O) groups is 3. The van der Waals surface area contributed by atoms with Crippen LogP contribution in [-0.4, -0.2) is 64.8 Å². The van der Waals surface area contributed by atoms with Crippen LogP contribution in [0.1, 0.15) is 20.3 Å². The first-order chi connectivity index (χ1) is 11.2. The molecule has 0 radical (unpaired) electrons. The lowest BCUT2D eigenvalue weighted by molar-refractivity contribution is -0.197. The molecule has 2 N–H and O–H groups in total. The molecule has 0 saturated carbocycles. The van der Waals surface area contributed by atoms with E-state index in [0.29, 0.717) is 0 Å². The number of azide groups is 1. The number of imide groups is 1.